The predicted octanol–water partition coefficient (Wildman–Crippen LogP) is 3.68. The highest BCUT2D eigenvalue weighted by Gasteiger charge is 2.33. The molecule has 0 heterocycles. The number of carboxylic acids is 1. The predicted molar refractivity (Wildman–Crippen MR) is 82.1 cm³/mol. The first-order valence-electron chi connectivity index (χ1n) is 6.61. The van der Waals surface area contributed by atoms with E-state index in [4.69, 9.17) is 28.3 Å². The second kappa shape index (κ2) is 6.54. The van der Waals surface area contributed by atoms with Crippen LogP contribution in [0.15, 0.2) is 12.1 Å². The third kappa shape index (κ3) is 4.51. The Morgan fingerprint density at radius 3 is 2.57 bits per heavy atom. The minimum atomic E-state index is -0.927. The van der Waals surface area contributed by atoms with Crippen LogP contribution in [-0.2, 0) is 4.79 Å². The molecule has 1 atom stereocenters. The lowest BCUT2D eigenvalue weighted by atomic mass is 10.1. The van der Waals surface area contributed by atoms with Crippen molar-refractivity contribution in [3.8, 4) is 0 Å². The van der Waals surface area contributed by atoms with Crippen molar-refractivity contribution in [2.45, 2.75) is 32.2 Å². The number of carboxylic acid groups (broad SMARTS) is 1. The van der Waals surface area contributed by atoms with Crippen molar-refractivity contribution < 1.29 is 14.7 Å². The van der Waals surface area contributed by atoms with Gasteiger partial charge in [-0.2, -0.15) is 0 Å². The average Bonchev–Trinajstić information content (AvgIpc) is 3.18. The van der Waals surface area contributed by atoms with Crippen molar-refractivity contribution in [2.24, 2.45) is 5.92 Å². The lowest BCUT2D eigenvalue weighted by Crippen LogP contribution is -2.40. The maximum absolute atomic E-state index is 12.0. The van der Waals surface area contributed by atoms with Crippen LogP contribution >= 0.6 is 23.2 Å². The Morgan fingerprint density at radius 2 is 2.00 bits per heavy atom. The molecule has 0 saturated heterocycles. The standard InChI is InChI=1S/C14H16Cl2N2O3/c1-7-4-10(16)12(5-9(7)15)18-14(21)17-11(6-13(19)20)8-2-3-8/h4-5,8,11H,2-3,6H2,1H3,(H,19,20)(H2,17,18,21). The zero-order chi connectivity index (χ0) is 15.6. The summed E-state index contributed by atoms with van der Waals surface area (Å²) in [5, 5.41) is 15.0. The molecule has 0 bridgehead atoms. The molecule has 1 aromatic rings. The number of hydrogen-bond acceptors (Lipinski definition) is 2. The largest absolute Gasteiger partial charge is 0.481 e. The van der Waals surface area contributed by atoms with E-state index < -0.39 is 12.0 Å². The molecule has 0 aliphatic heterocycles. The lowest BCUT2D eigenvalue weighted by Gasteiger charge is -2.17. The van der Waals surface area contributed by atoms with Crippen molar-refractivity contribution >= 4 is 40.9 Å². The summed E-state index contributed by atoms with van der Waals surface area (Å²) >= 11 is 12.0. The number of carbonyl (C=O) groups excluding carboxylic acids is 1. The Kier molecular flexibility index (Phi) is 4.96. The van der Waals surface area contributed by atoms with Gasteiger partial charge < -0.3 is 15.7 Å². The van der Waals surface area contributed by atoms with Crippen LogP contribution in [0.5, 0.6) is 0 Å². The molecule has 21 heavy (non-hydrogen) atoms. The van der Waals surface area contributed by atoms with Gasteiger partial charge in [-0.15, -0.1) is 0 Å². The summed E-state index contributed by atoms with van der Waals surface area (Å²) in [5.41, 5.74) is 1.21. The van der Waals surface area contributed by atoms with Gasteiger partial charge in [-0.05, 0) is 43.4 Å². The van der Waals surface area contributed by atoms with Gasteiger partial charge >= 0.3 is 12.0 Å². The van der Waals surface area contributed by atoms with Crippen LogP contribution in [0.3, 0.4) is 0 Å². The molecule has 7 heteroatoms. The molecule has 2 amide bonds. The number of nitrogens with one attached hydrogen (secondary N) is 2. The number of urea groups is 1. The summed E-state index contributed by atoms with van der Waals surface area (Å²) in [6, 6.07) is 2.40. The summed E-state index contributed by atoms with van der Waals surface area (Å²) in [6.45, 7) is 1.81. The molecule has 1 aliphatic carbocycles. The zero-order valence-corrected chi connectivity index (χ0v) is 13.0. The molecule has 0 aromatic heterocycles. The summed E-state index contributed by atoms with van der Waals surface area (Å²) in [6.07, 6.45) is 1.80. The molecule has 1 aliphatic rings. The number of halogens is 2. The van der Waals surface area contributed by atoms with E-state index in [-0.39, 0.29) is 18.4 Å². The van der Waals surface area contributed by atoms with E-state index in [9.17, 15) is 9.59 Å². The van der Waals surface area contributed by atoms with Crippen LogP contribution in [0.25, 0.3) is 0 Å². The van der Waals surface area contributed by atoms with E-state index in [0.717, 1.165) is 18.4 Å². The fourth-order valence-electron chi connectivity index (χ4n) is 2.09. The second-order valence-corrected chi connectivity index (χ2v) is 6.04. The molecule has 1 fully saturated rings. The van der Waals surface area contributed by atoms with Crippen LogP contribution in [-0.4, -0.2) is 23.1 Å². The number of amides is 2. The number of carbonyl (C=O) groups is 2. The van der Waals surface area contributed by atoms with Gasteiger partial charge in [0.1, 0.15) is 0 Å². The summed E-state index contributed by atoms with van der Waals surface area (Å²) in [7, 11) is 0. The number of rotatable bonds is 5. The summed E-state index contributed by atoms with van der Waals surface area (Å²) in [5.74, 6) is -0.687. The minimum Gasteiger partial charge on any atom is -0.481 e. The molecule has 114 valence electrons. The molecular weight excluding hydrogens is 315 g/mol. The zero-order valence-electron chi connectivity index (χ0n) is 11.5. The normalized spacial score (nSPS) is 15.4. The van der Waals surface area contributed by atoms with Gasteiger partial charge in [-0.3, -0.25) is 4.79 Å². The number of hydrogen-bond donors (Lipinski definition) is 3. The van der Waals surface area contributed by atoms with Gasteiger partial charge in [-0.25, -0.2) is 4.79 Å². The Balaban J connectivity index is 2.00. The Hall–Kier alpha value is -1.46. The van der Waals surface area contributed by atoms with Gasteiger partial charge in [0.2, 0.25) is 0 Å². The van der Waals surface area contributed by atoms with Crippen LogP contribution in [0, 0.1) is 12.8 Å². The Labute approximate surface area is 132 Å². The van der Waals surface area contributed by atoms with Crippen molar-refractivity contribution in [3.63, 3.8) is 0 Å². The fourth-order valence-corrected chi connectivity index (χ4v) is 2.52. The van der Waals surface area contributed by atoms with Gasteiger partial charge in [0.15, 0.2) is 0 Å². The van der Waals surface area contributed by atoms with Gasteiger partial charge in [0.25, 0.3) is 0 Å². The molecule has 1 unspecified atom stereocenters. The molecule has 1 aromatic carbocycles. The fraction of sp³-hybridized carbons (Fsp3) is 0.429. The summed E-state index contributed by atoms with van der Waals surface area (Å²) in [4.78, 5) is 22.8. The first-order chi connectivity index (χ1) is 9.86. The van der Waals surface area contributed by atoms with E-state index >= 15 is 0 Å². The van der Waals surface area contributed by atoms with Gasteiger partial charge in [-0.1, -0.05) is 23.2 Å². The summed E-state index contributed by atoms with van der Waals surface area (Å²) < 4.78 is 0. The third-order valence-electron chi connectivity index (χ3n) is 3.40. The number of aliphatic carboxylic acids is 1. The van der Waals surface area contributed by atoms with E-state index in [2.05, 4.69) is 10.6 Å². The molecule has 5 nitrogen and oxygen atoms in total. The number of benzene rings is 1. The third-order valence-corrected chi connectivity index (χ3v) is 4.12. The second-order valence-electron chi connectivity index (χ2n) is 5.22. The van der Waals surface area contributed by atoms with E-state index in [1.165, 1.54) is 0 Å². The van der Waals surface area contributed by atoms with Crippen LogP contribution < -0.4 is 10.6 Å². The highest BCUT2D eigenvalue weighted by Crippen LogP contribution is 2.34. The van der Waals surface area contributed by atoms with Crippen LogP contribution in [0.1, 0.15) is 24.8 Å². The highest BCUT2D eigenvalue weighted by atomic mass is 35.5. The number of anilines is 1. The molecule has 1 saturated carbocycles. The van der Waals surface area contributed by atoms with Crippen molar-refractivity contribution in [2.75, 3.05) is 5.32 Å². The van der Waals surface area contributed by atoms with E-state index in [1.54, 1.807) is 12.1 Å². The Morgan fingerprint density at radius 1 is 1.33 bits per heavy atom. The molecule has 0 spiro atoms. The smallest absolute Gasteiger partial charge is 0.319 e. The molecule has 2 rings (SSSR count). The molecule has 3 N–H and O–H groups in total. The topological polar surface area (TPSA) is 78.4 Å². The monoisotopic (exact) mass is 330 g/mol. The van der Waals surface area contributed by atoms with Gasteiger partial charge in [0, 0.05) is 11.1 Å². The van der Waals surface area contributed by atoms with Crippen molar-refractivity contribution in [1.82, 2.24) is 5.32 Å². The van der Waals surface area contributed by atoms with Crippen molar-refractivity contribution in [3.05, 3.63) is 27.7 Å². The molecular formula is C14H16Cl2N2O3. The van der Waals surface area contributed by atoms with Crippen LogP contribution in [0.4, 0.5) is 10.5 Å². The SMILES string of the molecule is Cc1cc(Cl)c(NC(=O)NC(CC(=O)O)C2CC2)cc1Cl. The highest BCUT2D eigenvalue weighted by molar-refractivity contribution is 6.36. The molecule has 0 radical (unpaired) electrons. The quantitative estimate of drug-likeness (QED) is 0.770. The van der Waals surface area contributed by atoms with E-state index in [1.807, 2.05) is 6.92 Å². The first-order valence-corrected chi connectivity index (χ1v) is 7.37. The van der Waals surface area contributed by atoms with Gasteiger partial charge in [0.05, 0.1) is 17.1 Å². The first kappa shape index (κ1) is 15.9. The lowest BCUT2D eigenvalue weighted by molar-refractivity contribution is -0.137. The Bertz CT molecular complexity index is 574. The maximum atomic E-state index is 12.0. The minimum absolute atomic E-state index is 0.0829. The maximum Gasteiger partial charge on any atom is 0.319 e. The number of aryl methyl sites for hydroxylation is 1. The average molecular weight is 331 g/mol. The van der Waals surface area contributed by atoms with Crippen molar-refractivity contribution in [1.29, 1.82) is 0 Å². The van der Waals surface area contributed by atoms with Crippen LogP contribution in [0.2, 0.25) is 10.0 Å². The van der Waals surface area contributed by atoms with E-state index in [0.29, 0.717) is 15.7 Å².